The van der Waals surface area contributed by atoms with Crippen LogP contribution in [-0.2, 0) is 0 Å². The van der Waals surface area contributed by atoms with Gasteiger partial charge >= 0.3 is 0 Å². The molecule has 0 atom stereocenters. The van der Waals surface area contributed by atoms with E-state index < -0.39 is 0 Å². The van der Waals surface area contributed by atoms with Gasteiger partial charge in [0.25, 0.3) is 0 Å². The summed E-state index contributed by atoms with van der Waals surface area (Å²) in [5, 5.41) is 0. The number of halogens is 1. The van der Waals surface area contributed by atoms with E-state index in [2.05, 4.69) is 16.8 Å². The molecule has 1 heterocycles. The van der Waals surface area contributed by atoms with Crippen molar-refractivity contribution in [2.45, 2.75) is 18.9 Å². The zero-order valence-corrected chi connectivity index (χ0v) is 12.2. The summed E-state index contributed by atoms with van der Waals surface area (Å²) in [7, 11) is 4.15. The number of hydrogen-bond donors (Lipinski definition) is 1. The van der Waals surface area contributed by atoms with Crippen LogP contribution < -0.4 is 10.6 Å². The zero-order valence-electron chi connectivity index (χ0n) is 11.4. The Morgan fingerprint density at radius 3 is 2.58 bits per heavy atom. The van der Waals surface area contributed by atoms with Crippen molar-refractivity contribution >= 4 is 22.9 Å². The molecule has 0 aromatic heterocycles. The van der Waals surface area contributed by atoms with Crippen LogP contribution in [0.2, 0.25) is 0 Å². The summed E-state index contributed by atoms with van der Waals surface area (Å²) in [5.41, 5.74) is 6.67. The number of anilines is 1. The lowest BCUT2D eigenvalue weighted by Gasteiger charge is -2.36. The number of likely N-dealkylation sites (tertiary alicyclic amines) is 1. The number of benzene rings is 1. The maximum atomic E-state index is 13.9. The molecule has 2 N–H and O–H groups in total. The van der Waals surface area contributed by atoms with E-state index >= 15 is 0 Å². The second kappa shape index (κ2) is 5.84. The molecule has 2 rings (SSSR count). The van der Waals surface area contributed by atoms with E-state index in [1.807, 2.05) is 13.1 Å². The van der Waals surface area contributed by atoms with Gasteiger partial charge in [-0.25, -0.2) is 4.39 Å². The molecule has 1 fully saturated rings. The Morgan fingerprint density at radius 1 is 1.42 bits per heavy atom. The highest BCUT2D eigenvalue weighted by Gasteiger charge is 2.21. The minimum Gasteiger partial charge on any atom is -0.389 e. The fourth-order valence-corrected chi connectivity index (χ4v) is 2.68. The van der Waals surface area contributed by atoms with Gasteiger partial charge in [-0.3, -0.25) is 0 Å². The van der Waals surface area contributed by atoms with Gasteiger partial charge in [-0.15, -0.1) is 0 Å². The summed E-state index contributed by atoms with van der Waals surface area (Å²) < 4.78 is 13.9. The largest absolute Gasteiger partial charge is 0.389 e. The molecule has 104 valence electrons. The average molecular weight is 281 g/mol. The summed E-state index contributed by atoms with van der Waals surface area (Å²) >= 11 is 4.82. The van der Waals surface area contributed by atoms with Gasteiger partial charge in [0.2, 0.25) is 0 Å². The van der Waals surface area contributed by atoms with E-state index in [0.717, 1.165) is 31.6 Å². The van der Waals surface area contributed by atoms with Crippen molar-refractivity contribution in [2.24, 2.45) is 5.73 Å². The first-order valence-electron chi connectivity index (χ1n) is 6.50. The number of rotatable bonds is 3. The van der Waals surface area contributed by atoms with Gasteiger partial charge in [0, 0.05) is 24.3 Å². The third kappa shape index (κ3) is 3.22. The van der Waals surface area contributed by atoms with Gasteiger partial charge in [-0.1, -0.05) is 12.2 Å². The van der Waals surface area contributed by atoms with Gasteiger partial charge in [0.15, 0.2) is 0 Å². The number of thiocarbonyl (C=S) groups is 1. The molecule has 0 aliphatic carbocycles. The highest BCUT2D eigenvalue weighted by molar-refractivity contribution is 7.80. The summed E-state index contributed by atoms with van der Waals surface area (Å²) in [6, 6.07) is 5.53. The second-order valence-corrected chi connectivity index (χ2v) is 5.61. The monoisotopic (exact) mass is 281 g/mol. The van der Waals surface area contributed by atoms with Crippen molar-refractivity contribution in [2.75, 3.05) is 32.1 Å². The molecule has 0 unspecified atom stereocenters. The molecule has 5 heteroatoms. The maximum absolute atomic E-state index is 13.9. The van der Waals surface area contributed by atoms with E-state index in [0.29, 0.717) is 11.6 Å². The first-order chi connectivity index (χ1) is 8.99. The molecule has 1 aliphatic heterocycles. The third-order valence-corrected chi connectivity index (χ3v) is 4.08. The first-order valence-corrected chi connectivity index (χ1v) is 6.90. The summed E-state index contributed by atoms with van der Waals surface area (Å²) in [6.07, 6.45) is 2.21. The quantitative estimate of drug-likeness (QED) is 0.859. The van der Waals surface area contributed by atoms with Crippen molar-refractivity contribution < 1.29 is 4.39 Å². The molecule has 3 nitrogen and oxygen atoms in total. The van der Waals surface area contributed by atoms with Crippen molar-refractivity contribution in [1.29, 1.82) is 0 Å². The predicted molar refractivity (Wildman–Crippen MR) is 81.2 cm³/mol. The molecule has 1 saturated heterocycles. The van der Waals surface area contributed by atoms with Crippen molar-refractivity contribution in [1.82, 2.24) is 4.90 Å². The molecule has 0 spiro atoms. The van der Waals surface area contributed by atoms with Crippen LogP contribution in [0.1, 0.15) is 18.4 Å². The molecular weight excluding hydrogens is 261 g/mol. The predicted octanol–water partition coefficient (Wildman–Crippen LogP) is 1.99. The Labute approximate surface area is 119 Å². The van der Waals surface area contributed by atoms with Gasteiger partial charge in [0.1, 0.15) is 10.8 Å². The molecule has 1 aromatic carbocycles. The van der Waals surface area contributed by atoms with Crippen LogP contribution in [0.15, 0.2) is 18.2 Å². The lowest BCUT2D eigenvalue weighted by Crippen LogP contribution is -2.42. The Bertz CT molecular complexity index is 470. The van der Waals surface area contributed by atoms with Gasteiger partial charge in [-0.2, -0.15) is 0 Å². The number of nitrogens with two attached hydrogens (primary N) is 1. The van der Waals surface area contributed by atoms with Crippen LogP contribution in [0.5, 0.6) is 0 Å². The summed E-state index contributed by atoms with van der Waals surface area (Å²) in [6.45, 7) is 2.17. The molecule has 0 bridgehead atoms. The molecule has 1 aliphatic rings. The molecule has 19 heavy (non-hydrogen) atoms. The topological polar surface area (TPSA) is 32.5 Å². The third-order valence-electron chi connectivity index (χ3n) is 3.86. The Morgan fingerprint density at radius 2 is 2.05 bits per heavy atom. The van der Waals surface area contributed by atoms with Gasteiger partial charge in [-0.05, 0) is 51.2 Å². The smallest absolute Gasteiger partial charge is 0.135 e. The van der Waals surface area contributed by atoms with E-state index in [1.54, 1.807) is 6.07 Å². The van der Waals surface area contributed by atoms with Crippen LogP contribution in [-0.4, -0.2) is 43.1 Å². The van der Waals surface area contributed by atoms with Crippen molar-refractivity contribution in [3.63, 3.8) is 0 Å². The summed E-state index contributed by atoms with van der Waals surface area (Å²) in [4.78, 5) is 4.58. The van der Waals surface area contributed by atoms with Gasteiger partial charge in [0.05, 0.1) is 0 Å². The Hall–Kier alpha value is -1.20. The fourth-order valence-electron chi connectivity index (χ4n) is 2.52. The van der Waals surface area contributed by atoms with E-state index in [9.17, 15) is 4.39 Å². The normalized spacial score (nSPS) is 17.4. The minimum atomic E-state index is -0.343. The summed E-state index contributed by atoms with van der Waals surface area (Å²) in [5.74, 6) is -0.343. The number of nitrogens with zero attached hydrogens (tertiary/aromatic N) is 2. The molecule has 0 saturated carbocycles. The molecule has 1 aromatic rings. The van der Waals surface area contributed by atoms with Crippen LogP contribution >= 0.6 is 12.2 Å². The lowest BCUT2D eigenvalue weighted by molar-refractivity contribution is 0.253. The maximum Gasteiger partial charge on any atom is 0.135 e. The number of piperidine rings is 1. The zero-order chi connectivity index (χ0) is 14.0. The standard InChI is InChI=1S/C14H20FN3S/c1-17-7-5-10(6-8-17)18(2)11-3-4-12(14(16)19)13(15)9-11/h3-4,9-10H,5-8H2,1-2H3,(H2,16,19). The van der Waals surface area contributed by atoms with Crippen LogP contribution in [0.25, 0.3) is 0 Å². The van der Waals surface area contributed by atoms with Crippen molar-refractivity contribution in [3.8, 4) is 0 Å². The molecule has 0 amide bonds. The second-order valence-electron chi connectivity index (χ2n) is 5.17. The first kappa shape index (κ1) is 14.2. The van der Waals surface area contributed by atoms with E-state index in [-0.39, 0.29) is 10.8 Å². The Balaban J connectivity index is 2.13. The average Bonchev–Trinajstić information content (AvgIpc) is 2.38. The molecular formula is C14H20FN3S. The molecule has 0 radical (unpaired) electrons. The number of hydrogen-bond acceptors (Lipinski definition) is 3. The fraction of sp³-hybridized carbons (Fsp3) is 0.500. The van der Waals surface area contributed by atoms with E-state index in [4.69, 9.17) is 18.0 Å². The highest BCUT2D eigenvalue weighted by Crippen LogP contribution is 2.23. The van der Waals surface area contributed by atoms with E-state index in [1.165, 1.54) is 6.07 Å². The minimum absolute atomic E-state index is 0.103. The van der Waals surface area contributed by atoms with Crippen molar-refractivity contribution in [3.05, 3.63) is 29.6 Å². The Kier molecular flexibility index (Phi) is 4.37. The lowest BCUT2D eigenvalue weighted by atomic mass is 10.0. The van der Waals surface area contributed by atoms with Gasteiger partial charge < -0.3 is 15.5 Å². The van der Waals surface area contributed by atoms with Crippen LogP contribution in [0, 0.1) is 5.82 Å². The highest BCUT2D eigenvalue weighted by atomic mass is 32.1. The SMILES string of the molecule is CN1CCC(N(C)c2ccc(C(N)=S)c(F)c2)CC1. The van der Waals surface area contributed by atoms with Crippen LogP contribution in [0.4, 0.5) is 10.1 Å². The van der Waals surface area contributed by atoms with Crippen LogP contribution in [0.3, 0.4) is 0 Å².